The SMILES string of the molecule is CCNS(=O)(=O)c1ccc(C)c(C(=O)N(C)[C@H]2CCCc3nc(C)sc32)c1. The van der Waals surface area contributed by atoms with E-state index in [9.17, 15) is 13.2 Å². The molecule has 0 aliphatic heterocycles. The fraction of sp³-hybridized carbons (Fsp3) is 0.474. The Balaban J connectivity index is 1.94. The monoisotopic (exact) mass is 407 g/mol. The lowest BCUT2D eigenvalue weighted by Gasteiger charge is -2.31. The third-order valence-corrected chi connectivity index (χ3v) is 7.56. The van der Waals surface area contributed by atoms with Crippen LogP contribution in [0.5, 0.6) is 0 Å². The molecule has 6 nitrogen and oxygen atoms in total. The van der Waals surface area contributed by atoms with Gasteiger partial charge in [0.2, 0.25) is 10.0 Å². The van der Waals surface area contributed by atoms with E-state index in [0.29, 0.717) is 12.1 Å². The molecular formula is C19H25N3O3S2. The summed E-state index contributed by atoms with van der Waals surface area (Å²) in [5.41, 5.74) is 2.28. The van der Waals surface area contributed by atoms with Crippen molar-refractivity contribution in [3.8, 4) is 0 Å². The summed E-state index contributed by atoms with van der Waals surface area (Å²) in [6.45, 7) is 5.84. The van der Waals surface area contributed by atoms with Crippen LogP contribution in [-0.2, 0) is 16.4 Å². The molecule has 0 saturated heterocycles. The first-order valence-corrected chi connectivity index (χ1v) is 11.4. The van der Waals surface area contributed by atoms with Gasteiger partial charge in [0.15, 0.2) is 0 Å². The minimum Gasteiger partial charge on any atom is -0.334 e. The van der Waals surface area contributed by atoms with Crippen LogP contribution in [0.2, 0.25) is 0 Å². The number of nitrogens with one attached hydrogen (secondary N) is 1. The third-order valence-electron chi connectivity index (χ3n) is 4.90. The van der Waals surface area contributed by atoms with Gasteiger partial charge in [-0.25, -0.2) is 18.1 Å². The molecule has 0 unspecified atom stereocenters. The highest BCUT2D eigenvalue weighted by Crippen LogP contribution is 2.38. The highest BCUT2D eigenvalue weighted by Gasteiger charge is 2.31. The molecule has 3 rings (SSSR count). The van der Waals surface area contributed by atoms with E-state index >= 15 is 0 Å². The van der Waals surface area contributed by atoms with Crippen molar-refractivity contribution in [1.29, 1.82) is 0 Å². The lowest BCUT2D eigenvalue weighted by molar-refractivity contribution is 0.0717. The number of aromatic nitrogens is 1. The van der Waals surface area contributed by atoms with E-state index < -0.39 is 10.0 Å². The number of thiazole rings is 1. The second-order valence-corrected chi connectivity index (χ2v) is 9.85. The van der Waals surface area contributed by atoms with Crippen molar-refractivity contribution >= 4 is 27.3 Å². The smallest absolute Gasteiger partial charge is 0.254 e. The van der Waals surface area contributed by atoms with Gasteiger partial charge in [-0.05, 0) is 50.8 Å². The van der Waals surface area contributed by atoms with Gasteiger partial charge >= 0.3 is 0 Å². The number of hydrogen-bond donors (Lipinski definition) is 1. The molecule has 0 bridgehead atoms. The van der Waals surface area contributed by atoms with E-state index in [1.165, 1.54) is 12.1 Å². The summed E-state index contributed by atoms with van der Waals surface area (Å²) in [4.78, 5) is 20.8. The molecule has 1 aliphatic rings. The molecule has 0 spiro atoms. The lowest BCUT2D eigenvalue weighted by Crippen LogP contribution is -2.33. The number of rotatable bonds is 5. The van der Waals surface area contributed by atoms with Crippen LogP contribution in [0.25, 0.3) is 0 Å². The average molecular weight is 408 g/mol. The van der Waals surface area contributed by atoms with Gasteiger partial charge in [-0.2, -0.15) is 0 Å². The second kappa shape index (κ2) is 7.69. The van der Waals surface area contributed by atoms with Gasteiger partial charge in [-0.1, -0.05) is 13.0 Å². The molecule has 146 valence electrons. The third kappa shape index (κ3) is 3.93. The van der Waals surface area contributed by atoms with E-state index in [2.05, 4.69) is 9.71 Å². The van der Waals surface area contributed by atoms with E-state index in [-0.39, 0.29) is 16.8 Å². The maximum Gasteiger partial charge on any atom is 0.254 e. The number of carbonyl (C=O) groups excluding carboxylic acids is 1. The van der Waals surface area contributed by atoms with E-state index in [1.807, 2.05) is 13.8 Å². The van der Waals surface area contributed by atoms with Crippen molar-refractivity contribution in [1.82, 2.24) is 14.6 Å². The fourth-order valence-corrected chi connectivity index (χ4v) is 5.71. The van der Waals surface area contributed by atoms with Gasteiger partial charge in [-0.15, -0.1) is 11.3 Å². The molecule has 27 heavy (non-hydrogen) atoms. The van der Waals surface area contributed by atoms with Crippen LogP contribution in [0.15, 0.2) is 23.1 Å². The molecule has 8 heteroatoms. The number of nitrogens with zero attached hydrogens (tertiary/aromatic N) is 2. The Morgan fingerprint density at radius 2 is 2.11 bits per heavy atom. The van der Waals surface area contributed by atoms with Crippen molar-refractivity contribution in [3.63, 3.8) is 0 Å². The Labute approximate surface area is 164 Å². The summed E-state index contributed by atoms with van der Waals surface area (Å²) in [7, 11) is -1.81. The molecule has 2 aromatic rings. The molecule has 1 amide bonds. The topological polar surface area (TPSA) is 79.4 Å². The Hall–Kier alpha value is -1.77. The van der Waals surface area contributed by atoms with Gasteiger partial charge in [0.05, 0.1) is 26.5 Å². The summed E-state index contributed by atoms with van der Waals surface area (Å²) in [6.07, 6.45) is 2.84. The van der Waals surface area contributed by atoms with Crippen LogP contribution < -0.4 is 4.72 Å². The van der Waals surface area contributed by atoms with Gasteiger partial charge < -0.3 is 4.90 Å². The van der Waals surface area contributed by atoms with Crippen LogP contribution in [-0.4, -0.2) is 37.8 Å². The zero-order chi connectivity index (χ0) is 19.8. The van der Waals surface area contributed by atoms with Crippen molar-refractivity contribution in [3.05, 3.63) is 44.9 Å². The Bertz CT molecular complexity index is 967. The Kier molecular flexibility index (Phi) is 5.69. The van der Waals surface area contributed by atoms with Crippen LogP contribution in [0.1, 0.15) is 57.3 Å². The number of aryl methyl sites for hydroxylation is 3. The molecule has 1 aromatic carbocycles. The number of benzene rings is 1. The summed E-state index contributed by atoms with van der Waals surface area (Å²) in [5.74, 6) is -0.162. The molecule has 1 aromatic heterocycles. The predicted octanol–water partition coefficient (Wildman–Crippen LogP) is 3.21. The molecule has 1 heterocycles. The summed E-state index contributed by atoms with van der Waals surface area (Å²) in [6, 6.07) is 4.69. The molecule has 0 fully saturated rings. The predicted molar refractivity (Wildman–Crippen MR) is 107 cm³/mol. The normalized spacial score (nSPS) is 16.8. The molecular weight excluding hydrogens is 382 g/mol. The number of carbonyl (C=O) groups is 1. The fourth-order valence-electron chi connectivity index (χ4n) is 3.49. The quantitative estimate of drug-likeness (QED) is 0.825. The zero-order valence-electron chi connectivity index (χ0n) is 16.1. The van der Waals surface area contributed by atoms with Crippen LogP contribution in [0.4, 0.5) is 0 Å². The van der Waals surface area contributed by atoms with Gasteiger partial charge in [0, 0.05) is 19.2 Å². The molecule has 1 aliphatic carbocycles. The van der Waals surface area contributed by atoms with E-state index in [0.717, 1.165) is 40.4 Å². The van der Waals surface area contributed by atoms with Gasteiger partial charge in [-0.3, -0.25) is 4.79 Å². The molecule has 1 N–H and O–H groups in total. The average Bonchev–Trinajstić information content (AvgIpc) is 3.00. The first-order chi connectivity index (χ1) is 12.7. The Morgan fingerprint density at radius 1 is 1.37 bits per heavy atom. The van der Waals surface area contributed by atoms with Gasteiger partial charge in [0.1, 0.15) is 0 Å². The molecule has 0 saturated carbocycles. The van der Waals surface area contributed by atoms with Crippen LogP contribution >= 0.6 is 11.3 Å². The number of sulfonamides is 1. The summed E-state index contributed by atoms with van der Waals surface area (Å²) < 4.78 is 27.1. The number of amides is 1. The van der Waals surface area contributed by atoms with Crippen LogP contribution in [0.3, 0.4) is 0 Å². The zero-order valence-corrected chi connectivity index (χ0v) is 17.7. The number of fused-ring (bicyclic) bond motifs is 1. The summed E-state index contributed by atoms with van der Waals surface area (Å²) >= 11 is 1.65. The van der Waals surface area contributed by atoms with E-state index in [1.54, 1.807) is 36.3 Å². The summed E-state index contributed by atoms with van der Waals surface area (Å²) in [5, 5.41) is 1.02. The molecule has 0 radical (unpaired) electrons. The number of hydrogen-bond acceptors (Lipinski definition) is 5. The van der Waals surface area contributed by atoms with Crippen molar-refractivity contribution < 1.29 is 13.2 Å². The Morgan fingerprint density at radius 3 is 2.81 bits per heavy atom. The van der Waals surface area contributed by atoms with Crippen LogP contribution in [0, 0.1) is 13.8 Å². The standard InChI is InChI=1S/C19H25N3O3S2/c1-5-20-27(24,25)14-10-9-12(2)15(11-14)19(23)22(4)17-8-6-7-16-18(17)26-13(3)21-16/h9-11,17,20H,5-8H2,1-4H3/t17-/m0/s1. The first-order valence-electron chi connectivity index (χ1n) is 9.08. The first kappa shape index (κ1) is 20.0. The highest BCUT2D eigenvalue weighted by molar-refractivity contribution is 7.89. The second-order valence-electron chi connectivity index (χ2n) is 6.85. The van der Waals surface area contributed by atoms with E-state index in [4.69, 9.17) is 0 Å². The van der Waals surface area contributed by atoms with Crippen molar-refractivity contribution in [2.75, 3.05) is 13.6 Å². The maximum absolute atomic E-state index is 13.2. The van der Waals surface area contributed by atoms with Crippen molar-refractivity contribution in [2.45, 2.75) is 51.0 Å². The highest BCUT2D eigenvalue weighted by atomic mass is 32.2. The minimum absolute atomic E-state index is 0.0131. The minimum atomic E-state index is -3.61. The molecule has 1 atom stereocenters. The largest absolute Gasteiger partial charge is 0.334 e. The van der Waals surface area contributed by atoms with Gasteiger partial charge in [0.25, 0.3) is 5.91 Å². The lowest BCUT2D eigenvalue weighted by atomic mass is 9.96. The maximum atomic E-state index is 13.2. The van der Waals surface area contributed by atoms with Crippen molar-refractivity contribution in [2.24, 2.45) is 0 Å².